The molecule has 8 nitrogen and oxygen atoms in total. The van der Waals surface area contributed by atoms with Gasteiger partial charge < -0.3 is 29.2 Å². The second kappa shape index (κ2) is 14.0. The molecule has 6 aliphatic rings. The van der Waals surface area contributed by atoms with Crippen LogP contribution in [0, 0.1) is 0 Å². The average molecular weight is 738 g/mol. The summed E-state index contributed by atoms with van der Waals surface area (Å²) in [5.41, 5.74) is 16.5. The van der Waals surface area contributed by atoms with Gasteiger partial charge in [0.2, 0.25) is 0 Å². The Kier molecular flexibility index (Phi) is 9.06. The molecule has 9 heterocycles. The number of hydrogen-bond donors (Lipinski definition) is 1. The van der Waals surface area contributed by atoms with Crippen LogP contribution in [-0.4, -0.2) is 93.5 Å². The molecule has 0 unspecified atom stereocenters. The number of H-pyrrole nitrogens is 1. The van der Waals surface area contributed by atoms with Crippen molar-refractivity contribution in [3.63, 3.8) is 0 Å². The van der Waals surface area contributed by atoms with Gasteiger partial charge in [0, 0.05) is 98.3 Å². The molecule has 0 fully saturated rings. The second-order valence-corrected chi connectivity index (χ2v) is 14.3. The molecule has 0 saturated carbocycles. The molecule has 0 saturated heterocycles. The van der Waals surface area contributed by atoms with Gasteiger partial charge in [0.1, 0.15) is 0 Å². The van der Waals surface area contributed by atoms with E-state index in [0.717, 1.165) is 76.6 Å². The molecule has 0 aromatic carbocycles. The first-order valence-electron chi connectivity index (χ1n) is 17.9. The smallest absolute Gasteiger partial charge is 0.0734 e. The van der Waals surface area contributed by atoms with Crippen LogP contribution in [0.15, 0.2) is 104 Å². The molecular formula is C44H42MnN8. The maximum Gasteiger partial charge on any atom is 0.0734 e. The van der Waals surface area contributed by atoms with Gasteiger partial charge in [-0.1, -0.05) is 18.2 Å². The fourth-order valence-corrected chi connectivity index (χ4v) is 7.88. The van der Waals surface area contributed by atoms with Crippen LogP contribution in [0.25, 0.3) is 68.8 Å². The van der Waals surface area contributed by atoms with E-state index in [1.807, 2.05) is 0 Å². The van der Waals surface area contributed by atoms with Crippen molar-refractivity contribution in [3.05, 3.63) is 143 Å². The molecule has 265 valence electrons. The van der Waals surface area contributed by atoms with Crippen molar-refractivity contribution in [2.24, 2.45) is 0 Å². The van der Waals surface area contributed by atoms with Crippen LogP contribution in [0.2, 0.25) is 0 Å². The molecule has 0 spiro atoms. The zero-order valence-corrected chi connectivity index (χ0v) is 31.6. The van der Waals surface area contributed by atoms with Gasteiger partial charge in [0.15, 0.2) is 0 Å². The largest absolute Gasteiger partial charge is 0.376 e. The van der Waals surface area contributed by atoms with Gasteiger partial charge in [-0.3, -0.25) is 0 Å². The van der Waals surface area contributed by atoms with Crippen molar-refractivity contribution in [2.75, 3.05) is 54.4 Å². The van der Waals surface area contributed by atoms with Gasteiger partial charge in [0.25, 0.3) is 0 Å². The third-order valence-electron chi connectivity index (χ3n) is 10.1. The fourth-order valence-electron chi connectivity index (χ4n) is 7.88. The van der Waals surface area contributed by atoms with Crippen molar-refractivity contribution >= 4 is 68.8 Å². The molecule has 1 radical (unpaired) electrons. The van der Waals surface area contributed by atoms with E-state index in [-0.39, 0.29) is 17.1 Å². The van der Waals surface area contributed by atoms with Crippen LogP contribution >= 0.6 is 0 Å². The Labute approximate surface area is 321 Å². The third kappa shape index (κ3) is 6.58. The van der Waals surface area contributed by atoms with Crippen LogP contribution < -0.4 is 0 Å². The summed E-state index contributed by atoms with van der Waals surface area (Å²) in [6, 6.07) is 10.7. The second-order valence-electron chi connectivity index (χ2n) is 14.3. The molecule has 3 aromatic rings. The van der Waals surface area contributed by atoms with E-state index in [1.165, 1.54) is 33.5 Å². The quantitative estimate of drug-likeness (QED) is 0.189. The first kappa shape index (κ1) is 34.3. The van der Waals surface area contributed by atoms with E-state index >= 15 is 0 Å². The summed E-state index contributed by atoms with van der Waals surface area (Å²) >= 11 is 0. The SMILES string of the molecule is CN1C=CC=C(c2c(C3=CC=CN(C)C3)c3c(C4=CC=CN(C)C4)c4nc(cc5ccc(cc6nc(cc2n3C2=CC=CN(C)C2)C=C6)[nH]5)C=C4)C1.[Mn]. The van der Waals surface area contributed by atoms with Crippen molar-refractivity contribution in [1.82, 2.24) is 39.1 Å². The maximum absolute atomic E-state index is 5.39. The third-order valence-corrected chi connectivity index (χ3v) is 10.1. The monoisotopic (exact) mass is 737 g/mol. The van der Waals surface area contributed by atoms with Gasteiger partial charge in [-0.25, -0.2) is 9.97 Å². The number of likely N-dealkylation sites (N-methyl/N-ethyl adjacent to an activating group) is 4. The molecule has 3 aromatic heterocycles. The van der Waals surface area contributed by atoms with Crippen LogP contribution in [0.5, 0.6) is 0 Å². The number of rotatable bonds is 4. The van der Waals surface area contributed by atoms with E-state index in [1.54, 1.807) is 0 Å². The molecule has 53 heavy (non-hydrogen) atoms. The Balaban J connectivity index is 0.00000400. The first-order chi connectivity index (χ1) is 25.4. The number of nitrogens with zero attached hydrogens (tertiary/aromatic N) is 7. The molecule has 0 amide bonds. The minimum absolute atomic E-state index is 0. The topological polar surface area (TPSA) is 59.5 Å². The Morgan fingerprint density at radius 3 is 1.60 bits per heavy atom. The molecule has 0 aliphatic carbocycles. The number of nitrogens with one attached hydrogen (secondary N) is 1. The standard InChI is InChI=1S/C44H42N8.Mn/c1-48-19-5-9-30(26-48)41-39-18-17-36(47-39)24-35-14-13-33(45-35)23-34-15-16-37(46-34)25-40-42(31-10-6-20-49(2)27-31)43(32-11-7-21-50(3)28-32)44(41)52(40)38-12-8-22-51(4)29-38;/h5-25,45H,26-29H2,1-4H3;. The molecule has 0 atom stereocenters. The van der Waals surface area contributed by atoms with E-state index in [0.29, 0.717) is 0 Å². The number of allylic oxidation sites excluding steroid dienone is 8. The number of aromatic amines is 1. The Hall–Kier alpha value is -5.76. The molecular weight excluding hydrogens is 695 g/mol. The van der Waals surface area contributed by atoms with Crippen molar-refractivity contribution in [3.8, 4) is 0 Å². The minimum atomic E-state index is 0. The first-order valence-corrected chi connectivity index (χ1v) is 17.9. The van der Waals surface area contributed by atoms with Crippen LogP contribution in [0.4, 0.5) is 0 Å². The summed E-state index contributed by atoms with van der Waals surface area (Å²) in [5, 5.41) is 0. The summed E-state index contributed by atoms with van der Waals surface area (Å²) in [6.07, 6.45) is 35.0. The van der Waals surface area contributed by atoms with Crippen molar-refractivity contribution < 1.29 is 17.1 Å². The van der Waals surface area contributed by atoms with Gasteiger partial charge in [-0.05, 0) is 127 Å². The van der Waals surface area contributed by atoms with E-state index in [4.69, 9.17) is 9.97 Å². The van der Waals surface area contributed by atoms with Crippen molar-refractivity contribution in [2.45, 2.75) is 0 Å². The molecule has 9 heteroatoms. The predicted molar refractivity (Wildman–Crippen MR) is 218 cm³/mol. The molecule has 8 bridgehead atoms. The fraction of sp³-hybridized carbons (Fsp3) is 0.182. The van der Waals surface area contributed by atoms with Gasteiger partial charge in [-0.15, -0.1) is 0 Å². The zero-order chi connectivity index (χ0) is 35.3. The summed E-state index contributed by atoms with van der Waals surface area (Å²) in [6.45, 7) is 3.06. The summed E-state index contributed by atoms with van der Waals surface area (Å²) in [4.78, 5) is 23.1. The normalized spacial score (nSPS) is 17.6. The average Bonchev–Trinajstić information content (AvgIpc) is 3.93. The predicted octanol–water partition coefficient (Wildman–Crippen LogP) is 7.95. The maximum atomic E-state index is 5.39. The van der Waals surface area contributed by atoms with E-state index in [2.05, 4.69) is 185 Å². The van der Waals surface area contributed by atoms with Gasteiger partial charge in [-0.2, -0.15) is 0 Å². The Morgan fingerprint density at radius 2 is 1.02 bits per heavy atom. The van der Waals surface area contributed by atoms with E-state index in [9.17, 15) is 0 Å². The van der Waals surface area contributed by atoms with Gasteiger partial charge in [0.05, 0.1) is 40.4 Å². The van der Waals surface area contributed by atoms with Crippen LogP contribution in [-0.2, 0) is 17.1 Å². The number of hydrogen-bond acceptors (Lipinski definition) is 6. The Morgan fingerprint density at radius 1 is 0.528 bits per heavy atom. The van der Waals surface area contributed by atoms with Gasteiger partial charge >= 0.3 is 0 Å². The molecule has 6 aliphatic heterocycles. The van der Waals surface area contributed by atoms with Crippen molar-refractivity contribution in [1.29, 1.82) is 0 Å². The summed E-state index contributed by atoms with van der Waals surface area (Å²) in [5.74, 6) is 0. The number of fused-ring (bicyclic) bond motifs is 8. The number of aromatic nitrogens is 4. The zero-order valence-electron chi connectivity index (χ0n) is 30.5. The van der Waals surface area contributed by atoms with E-state index < -0.39 is 0 Å². The molecule has 1 N–H and O–H groups in total. The molecule has 9 rings (SSSR count). The van der Waals surface area contributed by atoms with Crippen LogP contribution in [0.3, 0.4) is 0 Å². The minimum Gasteiger partial charge on any atom is -0.376 e. The Bertz CT molecular complexity index is 2490. The van der Waals surface area contributed by atoms with Crippen LogP contribution in [0.1, 0.15) is 39.5 Å². The summed E-state index contributed by atoms with van der Waals surface area (Å²) in [7, 11) is 8.59. The summed E-state index contributed by atoms with van der Waals surface area (Å²) < 4.78 is 2.52.